The van der Waals surface area contributed by atoms with E-state index in [-0.39, 0.29) is 18.3 Å². The smallest absolute Gasteiger partial charge is 0.398 e. The number of aromatic nitrogens is 1. The van der Waals surface area contributed by atoms with Gasteiger partial charge in [-0.3, -0.25) is 0 Å². The van der Waals surface area contributed by atoms with Gasteiger partial charge in [-0.15, -0.1) is 11.3 Å². The molecular weight excluding hydrogens is 337 g/mol. The third-order valence-corrected chi connectivity index (χ3v) is 6.72. The highest BCUT2D eigenvalue weighted by molar-refractivity contribution is 9.11. The summed E-state index contributed by atoms with van der Waals surface area (Å²) in [5.41, 5.74) is 0.290. The molecule has 2 fully saturated rings. The van der Waals surface area contributed by atoms with E-state index in [1.807, 2.05) is 0 Å². The number of thiazole rings is 1. The molecule has 0 radical (unpaired) electrons. The fourth-order valence-corrected chi connectivity index (χ4v) is 4.53. The average Bonchev–Trinajstić information content (AvgIpc) is 2.98. The second-order valence-electron chi connectivity index (χ2n) is 6.78. The third-order valence-electron chi connectivity index (χ3n) is 4.81. The standard InChI is InChI=1S/C14H21BBrNO2S/c1-13(2)14(3,4)19-15(18-13)10-11(16)20-12(17-10)9-7-5-6-8-9/h9H,5-8H2,1-4H3. The quantitative estimate of drug-likeness (QED) is 0.753. The molecule has 110 valence electrons. The minimum Gasteiger partial charge on any atom is -0.398 e. The predicted molar refractivity (Wildman–Crippen MR) is 86.7 cm³/mol. The lowest BCUT2D eigenvalue weighted by molar-refractivity contribution is 0.00578. The van der Waals surface area contributed by atoms with E-state index in [4.69, 9.17) is 14.3 Å². The molecule has 0 N–H and O–H groups in total. The molecule has 3 nitrogen and oxygen atoms in total. The molecule has 1 saturated carbocycles. The van der Waals surface area contributed by atoms with Gasteiger partial charge in [0.05, 0.1) is 25.6 Å². The first kappa shape index (κ1) is 15.0. The van der Waals surface area contributed by atoms with Crippen molar-refractivity contribution in [2.45, 2.75) is 70.5 Å². The molecule has 1 saturated heterocycles. The van der Waals surface area contributed by atoms with Crippen molar-refractivity contribution in [1.82, 2.24) is 4.98 Å². The third kappa shape index (κ3) is 2.49. The van der Waals surface area contributed by atoms with E-state index in [0.717, 1.165) is 9.38 Å². The maximum atomic E-state index is 6.10. The first-order valence-corrected chi connectivity index (χ1v) is 8.93. The summed E-state index contributed by atoms with van der Waals surface area (Å²) in [5.74, 6) is 0.632. The van der Waals surface area contributed by atoms with Gasteiger partial charge in [-0.1, -0.05) is 12.8 Å². The molecule has 2 heterocycles. The fraction of sp³-hybridized carbons (Fsp3) is 0.786. The molecule has 1 aromatic rings. The molecule has 20 heavy (non-hydrogen) atoms. The van der Waals surface area contributed by atoms with Crippen LogP contribution in [0.3, 0.4) is 0 Å². The summed E-state index contributed by atoms with van der Waals surface area (Å²) in [5, 5.41) is 1.24. The van der Waals surface area contributed by atoms with Crippen LogP contribution in [-0.4, -0.2) is 23.3 Å². The molecule has 6 heteroatoms. The zero-order valence-electron chi connectivity index (χ0n) is 12.5. The first-order valence-electron chi connectivity index (χ1n) is 7.32. The van der Waals surface area contributed by atoms with Crippen LogP contribution in [0.5, 0.6) is 0 Å². The highest BCUT2D eigenvalue weighted by Crippen LogP contribution is 2.40. The van der Waals surface area contributed by atoms with E-state index < -0.39 is 0 Å². The van der Waals surface area contributed by atoms with Crippen LogP contribution in [0.1, 0.15) is 64.3 Å². The Balaban J connectivity index is 1.85. The molecule has 1 aliphatic carbocycles. The van der Waals surface area contributed by atoms with Gasteiger partial charge >= 0.3 is 7.12 Å². The van der Waals surface area contributed by atoms with Crippen LogP contribution in [0.4, 0.5) is 0 Å². The molecule has 0 atom stereocenters. The highest BCUT2D eigenvalue weighted by atomic mass is 79.9. The second kappa shape index (κ2) is 5.08. The maximum Gasteiger partial charge on any atom is 0.516 e. The van der Waals surface area contributed by atoms with Crippen molar-refractivity contribution in [3.63, 3.8) is 0 Å². The van der Waals surface area contributed by atoms with Crippen LogP contribution in [-0.2, 0) is 9.31 Å². The SMILES string of the molecule is CC1(C)OB(c2nc(C3CCCC3)sc2Br)OC1(C)C. The number of hydrogen-bond donors (Lipinski definition) is 0. The first-order chi connectivity index (χ1) is 9.30. The van der Waals surface area contributed by atoms with E-state index in [1.165, 1.54) is 30.7 Å². The Bertz CT molecular complexity index is 495. The summed E-state index contributed by atoms with van der Waals surface area (Å²) in [4.78, 5) is 4.83. The Labute approximate surface area is 133 Å². The van der Waals surface area contributed by atoms with Gasteiger partial charge in [0.15, 0.2) is 0 Å². The van der Waals surface area contributed by atoms with Crippen LogP contribution in [0.2, 0.25) is 0 Å². The number of rotatable bonds is 2. The summed E-state index contributed by atoms with van der Waals surface area (Å²) >= 11 is 5.39. The normalized spacial score (nSPS) is 25.6. The van der Waals surface area contributed by atoms with E-state index in [9.17, 15) is 0 Å². The van der Waals surface area contributed by atoms with E-state index >= 15 is 0 Å². The number of nitrogens with zero attached hydrogens (tertiary/aromatic N) is 1. The van der Waals surface area contributed by atoms with Crippen LogP contribution < -0.4 is 5.59 Å². The van der Waals surface area contributed by atoms with Gasteiger partial charge in [-0.25, -0.2) is 4.98 Å². The Morgan fingerprint density at radius 3 is 2.25 bits per heavy atom. The molecule has 1 aromatic heterocycles. The van der Waals surface area contributed by atoms with Crippen molar-refractivity contribution in [2.75, 3.05) is 0 Å². The average molecular weight is 358 g/mol. The Morgan fingerprint density at radius 1 is 1.15 bits per heavy atom. The molecule has 0 aromatic carbocycles. The summed E-state index contributed by atoms with van der Waals surface area (Å²) < 4.78 is 13.3. The molecular formula is C14H21BBrNO2S. The lowest BCUT2D eigenvalue weighted by Gasteiger charge is -2.32. The predicted octanol–water partition coefficient (Wildman–Crippen LogP) is 3.86. The van der Waals surface area contributed by atoms with Gasteiger partial charge in [-0.05, 0) is 56.5 Å². The Morgan fingerprint density at radius 2 is 1.70 bits per heavy atom. The molecule has 0 unspecified atom stereocenters. The molecule has 0 bridgehead atoms. The van der Waals surface area contributed by atoms with Crippen molar-refractivity contribution in [1.29, 1.82) is 0 Å². The van der Waals surface area contributed by atoms with E-state index in [1.54, 1.807) is 11.3 Å². The van der Waals surface area contributed by atoms with Crippen molar-refractivity contribution in [2.24, 2.45) is 0 Å². The number of hydrogen-bond acceptors (Lipinski definition) is 4. The van der Waals surface area contributed by atoms with Crippen molar-refractivity contribution in [3.05, 3.63) is 8.79 Å². The minimum absolute atomic E-state index is 0.311. The van der Waals surface area contributed by atoms with Gasteiger partial charge in [0.1, 0.15) is 0 Å². The van der Waals surface area contributed by atoms with Gasteiger partial charge in [0, 0.05) is 5.92 Å². The molecule has 0 amide bonds. The zero-order chi connectivity index (χ0) is 14.5. The Hall–Kier alpha value is 0.0949. The molecule has 3 rings (SSSR count). The summed E-state index contributed by atoms with van der Waals surface area (Å²) in [6.07, 6.45) is 5.19. The van der Waals surface area contributed by atoms with Crippen LogP contribution in [0.15, 0.2) is 3.79 Å². The topological polar surface area (TPSA) is 31.4 Å². The summed E-state index contributed by atoms with van der Waals surface area (Å²) in [6, 6.07) is 0. The van der Waals surface area contributed by atoms with Crippen molar-refractivity contribution >= 4 is 40.0 Å². The van der Waals surface area contributed by atoms with Crippen LogP contribution >= 0.6 is 27.3 Å². The second-order valence-corrected chi connectivity index (χ2v) is 9.13. The monoisotopic (exact) mass is 357 g/mol. The van der Waals surface area contributed by atoms with Crippen molar-refractivity contribution < 1.29 is 9.31 Å². The van der Waals surface area contributed by atoms with Crippen molar-refractivity contribution in [3.8, 4) is 0 Å². The number of halogens is 1. The van der Waals surface area contributed by atoms with Crippen LogP contribution in [0, 0.1) is 0 Å². The lowest BCUT2D eigenvalue weighted by atomic mass is 9.86. The Kier molecular flexibility index (Phi) is 3.81. The highest BCUT2D eigenvalue weighted by Gasteiger charge is 2.53. The lowest BCUT2D eigenvalue weighted by Crippen LogP contribution is -2.41. The molecule has 0 spiro atoms. The van der Waals surface area contributed by atoms with Gasteiger partial charge < -0.3 is 9.31 Å². The minimum atomic E-state index is -0.360. The van der Waals surface area contributed by atoms with Gasteiger partial charge in [0.2, 0.25) is 0 Å². The van der Waals surface area contributed by atoms with E-state index in [2.05, 4.69) is 43.6 Å². The molecule has 1 aliphatic heterocycles. The van der Waals surface area contributed by atoms with Gasteiger partial charge in [0.25, 0.3) is 0 Å². The van der Waals surface area contributed by atoms with Gasteiger partial charge in [-0.2, -0.15) is 0 Å². The zero-order valence-corrected chi connectivity index (χ0v) is 14.9. The molecule has 2 aliphatic rings. The van der Waals surface area contributed by atoms with E-state index in [0.29, 0.717) is 5.92 Å². The maximum absolute atomic E-state index is 6.10. The van der Waals surface area contributed by atoms with Crippen LogP contribution in [0.25, 0.3) is 0 Å². The fourth-order valence-electron chi connectivity index (χ4n) is 2.78. The summed E-state index contributed by atoms with van der Waals surface area (Å²) in [6.45, 7) is 8.30. The summed E-state index contributed by atoms with van der Waals surface area (Å²) in [7, 11) is -0.360. The largest absolute Gasteiger partial charge is 0.516 e.